The van der Waals surface area contributed by atoms with Crippen LogP contribution in [-0.2, 0) is 23.1 Å². The maximum absolute atomic E-state index is 12.0. The van der Waals surface area contributed by atoms with Crippen molar-refractivity contribution in [2.24, 2.45) is 7.05 Å². The Morgan fingerprint density at radius 1 is 1.50 bits per heavy atom. The van der Waals surface area contributed by atoms with Gasteiger partial charge in [0.1, 0.15) is 5.39 Å². The molecule has 2 rings (SSSR count). The highest BCUT2D eigenvalue weighted by molar-refractivity contribution is 5.72. The second kappa shape index (κ2) is 4.94. The first kappa shape index (κ1) is 12.2. The lowest BCUT2D eigenvalue weighted by atomic mass is 10.4. The van der Waals surface area contributed by atoms with Crippen molar-refractivity contribution >= 4 is 17.0 Å². The summed E-state index contributed by atoms with van der Waals surface area (Å²) in [6, 6.07) is 0. The lowest BCUT2D eigenvalue weighted by molar-refractivity contribution is -0.143. The van der Waals surface area contributed by atoms with E-state index < -0.39 is 0 Å². The first-order valence-corrected chi connectivity index (χ1v) is 5.54. The molecule has 0 aromatic carbocycles. The standard InChI is InChI=1S/C10H13N5O3/c1-3-18-8(16)4-5-15-10(17)7-6-11-14(2)9(7)12-13-15/h6H,3-5H2,1-2H3. The van der Waals surface area contributed by atoms with Gasteiger partial charge >= 0.3 is 5.97 Å². The molecule has 18 heavy (non-hydrogen) atoms. The van der Waals surface area contributed by atoms with Crippen molar-refractivity contribution in [3.05, 3.63) is 16.6 Å². The summed E-state index contributed by atoms with van der Waals surface area (Å²) in [7, 11) is 1.68. The van der Waals surface area contributed by atoms with E-state index in [1.54, 1.807) is 14.0 Å². The SMILES string of the molecule is CCOC(=O)CCn1nnc2c(cnn2C)c1=O. The fraction of sp³-hybridized carbons (Fsp3) is 0.500. The van der Waals surface area contributed by atoms with Crippen LogP contribution in [0.3, 0.4) is 0 Å². The molecule has 0 aliphatic rings. The number of esters is 1. The quantitative estimate of drug-likeness (QED) is 0.679. The molecular formula is C10H13N5O3. The Balaban J connectivity index is 2.22. The minimum atomic E-state index is -0.363. The number of nitrogens with zero attached hydrogens (tertiary/aromatic N) is 5. The molecule has 0 atom stereocenters. The van der Waals surface area contributed by atoms with Crippen molar-refractivity contribution < 1.29 is 9.53 Å². The normalized spacial score (nSPS) is 10.8. The molecule has 0 saturated carbocycles. The second-order valence-corrected chi connectivity index (χ2v) is 3.68. The third-order valence-electron chi connectivity index (χ3n) is 2.45. The van der Waals surface area contributed by atoms with E-state index >= 15 is 0 Å². The van der Waals surface area contributed by atoms with Gasteiger partial charge in [0.15, 0.2) is 5.65 Å². The van der Waals surface area contributed by atoms with Gasteiger partial charge in [0, 0.05) is 7.05 Å². The lowest BCUT2D eigenvalue weighted by Crippen LogP contribution is -2.25. The van der Waals surface area contributed by atoms with Crippen molar-refractivity contribution in [2.75, 3.05) is 6.61 Å². The lowest BCUT2D eigenvalue weighted by Gasteiger charge is -2.03. The summed E-state index contributed by atoms with van der Waals surface area (Å²) in [6.07, 6.45) is 1.53. The van der Waals surface area contributed by atoms with E-state index in [-0.39, 0.29) is 24.5 Å². The topological polar surface area (TPSA) is 91.9 Å². The number of aryl methyl sites for hydroxylation is 2. The maximum atomic E-state index is 12.0. The van der Waals surface area contributed by atoms with Gasteiger partial charge in [-0.15, -0.1) is 5.10 Å². The van der Waals surface area contributed by atoms with Crippen LogP contribution in [-0.4, -0.2) is 37.4 Å². The molecule has 0 fully saturated rings. The van der Waals surface area contributed by atoms with Crippen molar-refractivity contribution in [3.63, 3.8) is 0 Å². The van der Waals surface area contributed by atoms with Crippen LogP contribution in [0.4, 0.5) is 0 Å². The summed E-state index contributed by atoms with van der Waals surface area (Å²) >= 11 is 0. The van der Waals surface area contributed by atoms with Gasteiger partial charge < -0.3 is 4.74 Å². The van der Waals surface area contributed by atoms with Gasteiger partial charge in [0.25, 0.3) is 5.56 Å². The minimum absolute atomic E-state index is 0.0915. The van der Waals surface area contributed by atoms with Gasteiger partial charge in [-0.1, -0.05) is 5.21 Å². The van der Waals surface area contributed by atoms with E-state index in [2.05, 4.69) is 15.4 Å². The summed E-state index contributed by atoms with van der Waals surface area (Å²) in [5, 5.41) is 12.0. The molecule has 2 heterocycles. The van der Waals surface area contributed by atoms with Crippen LogP contribution in [0.2, 0.25) is 0 Å². The van der Waals surface area contributed by atoms with Gasteiger partial charge in [-0.05, 0) is 6.92 Å². The van der Waals surface area contributed by atoms with Crippen LogP contribution < -0.4 is 5.56 Å². The van der Waals surface area contributed by atoms with Crippen molar-refractivity contribution in [2.45, 2.75) is 19.9 Å². The average Bonchev–Trinajstić information content (AvgIpc) is 2.72. The summed E-state index contributed by atoms with van der Waals surface area (Å²) in [4.78, 5) is 23.2. The van der Waals surface area contributed by atoms with Crippen molar-refractivity contribution in [1.29, 1.82) is 0 Å². The highest BCUT2D eigenvalue weighted by atomic mass is 16.5. The molecule has 8 heteroatoms. The van der Waals surface area contributed by atoms with E-state index in [1.807, 2.05) is 0 Å². The van der Waals surface area contributed by atoms with E-state index in [9.17, 15) is 9.59 Å². The Kier molecular flexibility index (Phi) is 3.35. The summed E-state index contributed by atoms with van der Waals surface area (Å²) in [6.45, 7) is 2.20. The number of hydrogen-bond acceptors (Lipinski definition) is 6. The average molecular weight is 251 g/mol. The number of carbonyl (C=O) groups excluding carboxylic acids is 1. The van der Waals surface area contributed by atoms with E-state index in [0.29, 0.717) is 17.6 Å². The van der Waals surface area contributed by atoms with Crippen LogP contribution in [0.5, 0.6) is 0 Å². The molecule has 2 aromatic rings. The first-order valence-electron chi connectivity index (χ1n) is 5.54. The van der Waals surface area contributed by atoms with Crippen LogP contribution in [0, 0.1) is 0 Å². The monoisotopic (exact) mass is 251 g/mol. The Hall–Kier alpha value is -2.25. The number of ether oxygens (including phenoxy) is 1. The molecule has 0 aliphatic carbocycles. The molecule has 0 amide bonds. The molecule has 8 nitrogen and oxygen atoms in total. The molecule has 0 bridgehead atoms. The first-order chi connectivity index (χ1) is 8.63. The second-order valence-electron chi connectivity index (χ2n) is 3.68. The van der Waals surface area contributed by atoms with Gasteiger partial charge in [0.2, 0.25) is 0 Å². The zero-order valence-corrected chi connectivity index (χ0v) is 10.2. The van der Waals surface area contributed by atoms with Crippen LogP contribution in [0.1, 0.15) is 13.3 Å². The van der Waals surface area contributed by atoms with Gasteiger partial charge in [-0.2, -0.15) is 5.10 Å². The smallest absolute Gasteiger partial charge is 0.307 e. The molecule has 0 saturated heterocycles. The van der Waals surface area contributed by atoms with Crippen LogP contribution in [0.15, 0.2) is 11.0 Å². The Labute approximate surface area is 102 Å². The Morgan fingerprint density at radius 3 is 3.00 bits per heavy atom. The molecule has 2 aromatic heterocycles. The molecule has 0 N–H and O–H groups in total. The minimum Gasteiger partial charge on any atom is -0.466 e. The fourth-order valence-corrected chi connectivity index (χ4v) is 1.55. The summed E-state index contributed by atoms with van der Waals surface area (Å²) < 4.78 is 7.39. The molecule has 0 aliphatic heterocycles. The van der Waals surface area contributed by atoms with Gasteiger partial charge in [0.05, 0.1) is 25.8 Å². The Morgan fingerprint density at radius 2 is 2.28 bits per heavy atom. The highest BCUT2D eigenvalue weighted by Crippen LogP contribution is 2.01. The number of hydrogen-bond donors (Lipinski definition) is 0. The zero-order chi connectivity index (χ0) is 13.1. The number of fused-ring (bicyclic) bond motifs is 1. The van der Waals surface area contributed by atoms with E-state index in [1.165, 1.54) is 10.9 Å². The zero-order valence-electron chi connectivity index (χ0n) is 10.2. The van der Waals surface area contributed by atoms with Gasteiger partial charge in [-0.3, -0.25) is 9.59 Å². The number of rotatable bonds is 4. The van der Waals surface area contributed by atoms with Crippen molar-refractivity contribution in [1.82, 2.24) is 24.8 Å². The molecule has 0 spiro atoms. The number of aromatic nitrogens is 5. The maximum Gasteiger partial charge on any atom is 0.307 e. The molecule has 0 radical (unpaired) electrons. The predicted octanol–water partition coefficient (Wildman–Crippen LogP) is -0.522. The molecular weight excluding hydrogens is 238 g/mol. The van der Waals surface area contributed by atoms with Crippen LogP contribution in [0.25, 0.3) is 11.0 Å². The third kappa shape index (κ3) is 2.22. The summed E-state index contributed by atoms with van der Waals surface area (Å²) in [5.74, 6) is -0.363. The largest absolute Gasteiger partial charge is 0.466 e. The van der Waals surface area contributed by atoms with E-state index in [4.69, 9.17) is 4.74 Å². The van der Waals surface area contributed by atoms with Gasteiger partial charge in [-0.25, -0.2) is 9.36 Å². The molecule has 0 unspecified atom stereocenters. The van der Waals surface area contributed by atoms with E-state index in [0.717, 1.165) is 4.68 Å². The summed E-state index contributed by atoms with van der Waals surface area (Å²) in [5.41, 5.74) is 0.116. The number of carbonyl (C=O) groups is 1. The van der Waals surface area contributed by atoms with Crippen LogP contribution >= 0.6 is 0 Å². The van der Waals surface area contributed by atoms with Crippen molar-refractivity contribution in [3.8, 4) is 0 Å². The molecule has 96 valence electrons. The Bertz CT molecular complexity index is 630. The predicted molar refractivity (Wildman–Crippen MR) is 61.8 cm³/mol. The third-order valence-corrected chi connectivity index (χ3v) is 2.45. The highest BCUT2D eigenvalue weighted by Gasteiger charge is 2.10. The fourth-order valence-electron chi connectivity index (χ4n) is 1.55.